The summed E-state index contributed by atoms with van der Waals surface area (Å²) in [7, 11) is 0. The van der Waals surface area contributed by atoms with Crippen LogP contribution in [0.2, 0.25) is 5.02 Å². The van der Waals surface area contributed by atoms with Gasteiger partial charge in [-0.1, -0.05) is 24.6 Å². The van der Waals surface area contributed by atoms with E-state index in [0.29, 0.717) is 6.54 Å². The maximum atomic E-state index is 9.56. The smallest absolute Gasteiger partial charge is 0.0731 e. The Bertz CT molecular complexity index is 411. The first-order chi connectivity index (χ1) is 8.61. The number of nitrogens with zero attached hydrogens (tertiary/aromatic N) is 1. The lowest BCUT2D eigenvalue weighted by Crippen LogP contribution is -2.22. The Kier molecular flexibility index (Phi) is 4.49. The first-order valence-electron chi connectivity index (χ1n) is 6.57. The van der Waals surface area contributed by atoms with Crippen LogP contribution in [-0.4, -0.2) is 30.8 Å². The zero-order chi connectivity index (χ0) is 13.1. The summed E-state index contributed by atoms with van der Waals surface area (Å²) in [6.07, 6.45) is 0.636. The molecule has 1 fully saturated rings. The summed E-state index contributed by atoms with van der Waals surface area (Å²) in [5.74, 6) is 0. The summed E-state index contributed by atoms with van der Waals surface area (Å²) in [6, 6.07) is 6.44. The molecule has 1 aromatic carbocycles. The summed E-state index contributed by atoms with van der Waals surface area (Å²) in [5, 5.41) is 13.7. The standard InChI is InChI=1S/C14H21ClN2O/c1-3-16-10(2)13-5-4-11(8-14(13)15)17-7-6-12(18)9-17/h4-5,8,10,12,16,18H,3,6-7,9H2,1-2H3. The highest BCUT2D eigenvalue weighted by Crippen LogP contribution is 2.29. The fourth-order valence-electron chi connectivity index (χ4n) is 2.46. The minimum Gasteiger partial charge on any atom is -0.391 e. The topological polar surface area (TPSA) is 35.5 Å². The summed E-state index contributed by atoms with van der Waals surface area (Å²) in [5.41, 5.74) is 2.23. The largest absolute Gasteiger partial charge is 0.391 e. The number of aliphatic hydroxyl groups excluding tert-OH is 1. The van der Waals surface area contributed by atoms with Gasteiger partial charge in [0, 0.05) is 29.8 Å². The number of hydrogen-bond acceptors (Lipinski definition) is 3. The number of benzene rings is 1. The number of aliphatic hydroxyl groups is 1. The molecule has 2 atom stereocenters. The number of nitrogens with one attached hydrogen (secondary N) is 1. The van der Waals surface area contributed by atoms with Crippen LogP contribution in [0.25, 0.3) is 0 Å². The molecule has 1 aliphatic heterocycles. The van der Waals surface area contributed by atoms with Crippen LogP contribution in [0.3, 0.4) is 0 Å². The van der Waals surface area contributed by atoms with E-state index in [1.54, 1.807) is 0 Å². The molecule has 0 aromatic heterocycles. The SMILES string of the molecule is CCNC(C)c1ccc(N2CCC(O)C2)cc1Cl. The van der Waals surface area contributed by atoms with Gasteiger partial charge in [-0.2, -0.15) is 0 Å². The zero-order valence-corrected chi connectivity index (χ0v) is 11.7. The van der Waals surface area contributed by atoms with Crippen LogP contribution >= 0.6 is 11.6 Å². The lowest BCUT2D eigenvalue weighted by molar-refractivity contribution is 0.198. The van der Waals surface area contributed by atoms with Crippen molar-refractivity contribution in [3.05, 3.63) is 28.8 Å². The number of halogens is 1. The van der Waals surface area contributed by atoms with E-state index in [2.05, 4.69) is 36.2 Å². The van der Waals surface area contributed by atoms with Crippen LogP contribution in [0.1, 0.15) is 31.9 Å². The van der Waals surface area contributed by atoms with Gasteiger partial charge in [-0.15, -0.1) is 0 Å². The van der Waals surface area contributed by atoms with Gasteiger partial charge in [-0.25, -0.2) is 0 Å². The fourth-order valence-corrected chi connectivity index (χ4v) is 2.79. The van der Waals surface area contributed by atoms with Gasteiger partial charge in [-0.05, 0) is 37.6 Å². The predicted octanol–water partition coefficient (Wildman–Crippen LogP) is 2.58. The molecule has 2 rings (SSSR count). The predicted molar refractivity (Wildman–Crippen MR) is 76.4 cm³/mol. The molecule has 1 aromatic rings. The molecule has 0 spiro atoms. The Balaban J connectivity index is 2.14. The minimum atomic E-state index is -0.205. The van der Waals surface area contributed by atoms with Crippen LogP contribution in [0.5, 0.6) is 0 Å². The average Bonchev–Trinajstić information content (AvgIpc) is 2.76. The van der Waals surface area contributed by atoms with Gasteiger partial charge in [0.2, 0.25) is 0 Å². The summed E-state index contributed by atoms with van der Waals surface area (Å²) in [6.45, 7) is 6.74. The maximum Gasteiger partial charge on any atom is 0.0731 e. The number of hydrogen-bond donors (Lipinski definition) is 2. The molecule has 0 radical (unpaired) electrons. The van der Waals surface area contributed by atoms with Crippen LogP contribution < -0.4 is 10.2 Å². The highest BCUT2D eigenvalue weighted by molar-refractivity contribution is 6.31. The molecular weight excluding hydrogens is 248 g/mol. The van der Waals surface area contributed by atoms with Crippen molar-refractivity contribution >= 4 is 17.3 Å². The number of rotatable bonds is 4. The van der Waals surface area contributed by atoms with Crippen molar-refractivity contribution in [3.63, 3.8) is 0 Å². The van der Waals surface area contributed by atoms with E-state index in [1.165, 1.54) is 0 Å². The van der Waals surface area contributed by atoms with E-state index in [1.807, 2.05) is 6.07 Å². The summed E-state index contributed by atoms with van der Waals surface area (Å²) < 4.78 is 0. The van der Waals surface area contributed by atoms with Crippen LogP contribution in [-0.2, 0) is 0 Å². The molecule has 0 amide bonds. The third kappa shape index (κ3) is 2.97. The molecule has 1 aliphatic rings. The molecule has 3 nitrogen and oxygen atoms in total. The molecule has 18 heavy (non-hydrogen) atoms. The van der Waals surface area contributed by atoms with Crippen molar-refractivity contribution in [1.82, 2.24) is 5.32 Å². The number of β-amino-alcohol motifs (C(OH)–C–C–N with tert-alkyl or cyclic N) is 1. The molecule has 0 saturated carbocycles. The molecular formula is C14H21ClN2O. The third-order valence-corrected chi connectivity index (χ3v) is 3.82. The Morgan fingerprint density at radius 2 is 2.33 bits per heavy atom. The van der Waals surface area contributed by atoms with Gasteiger partial charge < -0.3 is 15.3 Å². The zero-order valence-electron chi connectivity index (χ0n) is 11.0. The lowest BCUT2D eigenvalue weighted by Gasteiger charge is -2.20. The monoisotopic (exact) mass is 268 g/mol. The van der Waals surface area contributed by atoms with Gasteiger partial charge in [0.15, 0.2) is 0 Å². The third-order valence-electron chi connectivity index (χ3n) is 3.49. The molecule has 0 bridgehead atoms. The Morgan fingerprint density at radius 3 is 2.89 bits per heavy atom. The summed E-state index contributed by atoms with van der Waals surface area (Å²) in [4.78, 5) is 2.18. The lowest BCUT2D eigenvalue weighted by atomic mass is 10.1. The first-order valence-corrected chi connectivity index (χ1v) is 6.95. The van der Waals surface area contributed by atoms with E-state index >= 15 is 0 Å². The molecule has 2 unspecified atom stereocenters. The molecule has 1 saturated heterocycles. The van der Waals surface area contributed by atoms with E-state index in [4.69, 9.17) is 11.6 Å². The normalized spacial score (nSPS) is 21.3. The quantitative estimate of drug-likeness (QED) is 0.881. The molecule has 0 aliphatic carbocycles. The van der Waals surface area contributed by atoms with E-state index in [-0.39, 0.29) is 12.1 Å². The average molecular weight is 269 g/mol. The van der Waals surface area contributed by atoms with Crippen molar-refractivity contribution < 1.29 is 5.11 Å². The minimum absolute atomic E-state index is 0.205. The Morgan fingerprint density at radius 1 is 1.56 bits per heavy atom. The number of anilines is 1. The maximum absolute atomic E-state index is 9.56. The highest BCUT2D eigenvalue weighted by Gasteiger charge is 2.21. The first kappa shape index (κ1) is 13.7. The Labute approximate surface area is 114 Å². The second-order valence-corrected chi connectivity index (χ2v) is 5.28. The van der Waals surface area contributed by atoms with Crippen molar-refractivity contribution in [2.45, 2.75) is 32.4 Å². The van der Waals surface area contributed by atoms with Gasteiger partial charge in [-0.3, -0.25) is 0 Å². The second kappa shape index (κ2) is 5.91. The molecule has 4 heteroatoms. The molecule has 1 heterocycles. The fraction of sp³-hybridized carbons (Fsp3) is 0.571. The van der Waals surface area contributed by atoms with Crippen LogP contribution in [0, 0.1) is 0 Å². The van der Waals surface area contributed by atoms with Gasteiger partial charge in [0.25, 0.3) is 0 Å². The van der Waals surface area contributed by atoms with E-state index in [0.717, 1.165) is 35.8 Å². The van der Waals surface area contributed by atoms with Crippen LogP contribution in [0.15, 0.2) is 18.2 Å². The highest BCUT2D eigenvalue weighted by atomic mass is 35.5. The van der Waals surface area contributed by atoms with Crippen molar-refractivity contribution in [1.29, 1.82) is 0 Å². The van der Waals surface area contributed by atoms with Crippen molar-refractivity contribution in [2.75, 3.05) is 24.5 Å². The van der Waals surface area contributed by atoms with Crippen molar-refractivity contribution in [2.24, 2.45) is 0 Å². The molecule has 2 N–H and O–H groups in total. The van der Waals surface area contributed by atoms with Gasteiger partial charge >= 0.3 is 0 Å². The van der Waals surface area contributed by atoms with Crippen LogP contribution in [0.4, 0.5) is 5.69 Å². The van der Waals surface area contributed by atoms with Crippen molar-refractivity contribution in [3.8, 4) is 0 Å². The van der Waals surface area contributed by atoms with Gasteiger partial charge in [0.1, 0.15) is 0 Å². The summed E-state index contributed by atoms with van der Waals surface area (Å²) >= 11 is 6.35. The Hall–Kier alpha value is -0.770. The molecule has 100 valence electrons. The second-order valence-electron chi connectivity index (χ2n) is 4.87. The van der Waals surface area contributed by atoms with E-state index in [9.17, 15) is 5.11 Å². The van der Waals surface area contributed by atoms with E-state index < -0.39 is 0 Å². The van der Waals surface area contributed by atoms with Gasteiger partial charge in [0.05, 0.1) is 6.10 Å².